The summed E-state index contributed by atoms with van der Waals surface area (Å²) >= 11 is 0. The molecule has 8 aromatic carbocycles. The van der Waals surface area contributed by atoms with Crippen LogP contribution >= 0.6 is 0 Å². The molecule has 0 atom stereocenters. The molecule has 0 amide bonds. The Bertz CT molecular complexity index is 3030. The highest BCUT2D eigenvalue weighted by Gasteiger charge is 2.34. The molecule has 0 aliphatic carbocycles. The van der Waals surface area contributed by atoms with Gasteiger partial charge in [-0.25, -0.2) is 0 Å². The fraction of sp³-hybridized carbons (Fsp3) is 0.0476. The number of phenolic OH excluding ortho intramolecular Hbond substituents is 10. The Labute approximate surface area is 297 Å². The second kappa shape index (κ2) is 10.8. The van der Waals surface area contributed by atoms with Crippen molar-refractivity contribution < 1.29 is 55.5 Å². The van der Waals surface area contributed by atoms with E-state index in [1.165, 1.54) is 0 Å². The zero-order valence-electron chi connectivity index (χ0n) is 27.6. The Morgan fingerprint density at radius 1 is 0.358 bits per heavy atom. The predicted molar refractivity (Wildman–Crippen MR) is 201 cm³/mol. The third-order valence-corrected chi connectivity index (χ3v) is 10.3. The number of furan rings is 1. The zero-order chi connectivity index (χ0) is 37.2. The lowest BCUT2D eigenvalue weighted by Crippen LogP contribution is -1.97. The minimum atomic E-state index is -1.16. The van der Waals surface area contributed by atoms with Gasteiger partial charge >= 0.3 is 0 Å². The number of rotatable bonds is 3. The lowest BCUT2D eigenvalue weighted by atomic mass is 9.81. The summed E-state index contributed by atoms with van der Waals surface area (Å²) in [6.45, 7) is 1.79. The molecule has 0 spiro atoms. The van der Waals surface area contributed by atoms with Gasteiger partial charge in [-0.1, -0.05) is 85.8 Å². The predicted octanol–water partition coefficient (Wildman–Crippen LogP) is 9.15. The summed E-state index contributed by atoms with van der Waals surface area (Å²) in [5.41, 5.74) is 2.39. The third kappa shape index (κ3) is 3.87. The van der Waals surface area contributed by atoms with Crippen LogP contribution in [0.2, 0.25) is 0 Å². The molecule has 0 aliphatic rings. The molecule has 11 heteroatoms. The van der Waals surface area contributed by atoms with Crippen molar-refractivity contribution in [3.63, 3.8) is 0 Å². The van der Waals surface area contributed by atoms with Gasteiger partial charge in [0.15, 0.2) is 34.3 Å². The van der Waals surface area contributed by atoms with Crippen molar-refractivity contribution in [1.82, 2.24) is 0 Å². The van der Waals surface area contributed by atoms with E-state index in [1.807, 2.05) is 78.9 Å². The minimum Gasteiger partial charge on any atom is -0.506 e. The molecule has 0 aliphatic heterocycles. The van der Waals surface area contributed by atoms with E-state index >= 15 is 0 Å². The highest BCUT2D eigenvalue weighted by atomic mass is 16.4. The van der Waals surface area contributed by atoms with Crippen molar-refractivity contribution >= 4 is 65.0 Å². The number of benzene rings is 8. The molecule has 0 bridgehead atoms. The molecule has 0 saturated heterocycles. The van der Waals surface area contributed by atoms with E-state index in [0.717, 1.165) is 21.9 Å². The van der Waals surface area contributed by atoms with Crippen LogP contribution in [0.15, 0.2) is 83.3 Å². The average Bonchev–Trinajstić information content (AvgIpc) is 3.58. The number of hydrogen-bond acceptors (Lipinski definition) is 11. The molecule has 0 fully saturated rings. The summed E-state index contributed by atoms with van der Waals surface area (Å²) in [5, 5.41) is 112. The van der Waals surface area contributed by atoms with Crippen molar-refractivity contribution in [3.05, 3.63) is 84.4 Å². The smallest absolute Gasteiger partial charge is 0.205 e. The van der Waals surface area contributed by atoms with Crippen LogP contribution < -0.4 is 0 Å². The first-order valence-electron chi connectivity index (χ1n) is 16.5. The Morgan fingerprint density at radius 3 is 1.28 bits per heavy atom. The molecule has 1 aromatic heterocycles. The maximum Gasteiger partial charge on any atom is 0.205 e. The summed E-state index contributed by atoms with van der Waals surface area (Å²) in [5.74, 6) is -9.78. The van der Waals surface area contributed by atoms with Crippen molar-refractivity contribution in [2.24, 2.45) is 0 Å². The Morgan fingerprint density at radius 2 is 0.774 bits per heavy atom. The lowest BCUT2D eigenvalue weighted by Gasteiger charge is -2.22. The van der Waals surface area contributed by atoms with E-state index in [-0.39, 0.29) is 39.1 Å². The molecule has 9 aromatic rings. The molecule has 0 unspecified atom stereocenters. The van der Waals surface area contributed by atoms with Crippen LogP contribution in [0.1, 0.15) is 12.5 Å². The molecule has 0 radical (unpaired) electrons. The van der Waals surface area contributed by atoms with Gasteiger partial charge in [0, 0.05) is 10.8 Å². The number of aromatic hydroxyl groups is 10. The van der Waals surface area contributed by atoms with Crippen molar-refractivity contribution in [2.45, 2.75) is 13.3 Å². The summed E-state index contributed by atoms with van der Waals surface area (Å²) in [4.78, 5) is 0. The number of hydrogen-bond donors (Lipinski definition) is 10. The van der Waals surface area contributed by atoms with Crippen LogP contribution in [0.4, 0.5) is 0 Å². The third-order valence-electron chi connectivity index (χ3n) is 10.3. The minimum absolute atomic E-state index is 0.0752. The van der Waals surface area contributed by atoms with E-state index < -0.39 is 73.9 Å². The van der Waals surface area contributed by atoms with Gasteiger partial charge in [-0.05, 0) is 55.8 Å². The standard InChI is InChI=1S/C42H28O11/c1-2-17-24(23-20-14-8-6-12-18(20)22(16-10-4-3-5-11-16)19-13-7-9-15-21(19)23)26-30(35(47)40(52)37(49)32(26)44)41-25(17)29-31(43)27-28(36(48)42(29)53-41)34(46)39(51)38(50)33(27)45/h3-15,43-52H,2H2,1H3. The average molecular weight is 709 g/mol. The Hall–Kier alpha value is -7.40. The first-order chi connectivity index (χ1) is 25.5. The fourth-order valence-corrected chi connectivity index (χ4v) is 8.07. The van der Waals surface area contributed by atoms with Gasteiger partial charge in [0.2, 0.25) is 23.0 Å². The van der Waals surface area contributed by atoms with E-state index in [2.05, 4.69) is 0 Å². The topological polar surface area (TPSA) is 215 Å². The van der Waals surface area contributed by atoms with Gasteiger partial charge in [-0.15, -0.1) is 0 Å². The molecule has 262 valence electrons. The summed E-state index contributed by atoms with van der Waals surface area (Å²) in [7, 11) is 0. The van der Waals surface area contributed by atoms with Gasteiger partial charge in [-0.3, -0.25) is 0 Å². The van der Waals surface area contributed by atoms with Crippen LogP contribution in [0.5, 0.6) is 57.5 Å². The van der Waals surface area contributed by atoms with Crippen molar-refractivity contribution in [1.29, 1.82) is 0 Å². The SMILES string of the molecule is CCc1c(-c2c3ccccc3c(-c3ccccc3)c3ccccc23)c2c(O)c(O)c(O)c(O)c2c2oc3c(O)c4c(O)c(O)c(O)c(O)c4c(O)c3c12. The number of fused-ring (bicyclic) bond motifs is 8. The maximum absolute atomic E-state index is 11.9. The molecule has 53 heavy (non-hydrogen) atoms. The summed E-state index contributed by atoms with van der Waals surface area (Å²) in [6.07, 6.45) is 0.150. The summed E-state index contributed by atoms with van der Waals surface area (Å²) in [6, 6.07) is 25.0. The molecule has 10 N–H and O–H groups in total. The highest BCUT2D eigenvalue weighted by molar-refractivity contribution is 6.33. The number of phenols is 10. The quantitative estimate of drug-likeness (QED) is 0.0474. The van der Waals surface area contributed by atoms with Crippen LogP contribution in [0.25, 0.3) is 87.3 Å². The lowest BCUT2D eigenvalue weighted by molar-refractivity contribution is 0.349. The van der Waals surface area contributed by atoms with E-state index in [9.17, 15) is 51.1 Å². The van der Waals surface area contributed by atoms with E-state index in [0.29, 0.717) is 21.9 Å². The molecule has 0 saturated carbocycles. The van der Waals surface area contributed by atoms with Crippen LogP contribution in [-0.4, -0.2) is 51.1 Å². The zero-order valence-corrected chi connectivity index (χ0v) is 27.6. The molecule has 11 nitrogen and oxygen atoms in total. The van der Waals surface area contributed by atoms with Crippen LogP contribution in [-0.2, 0) is 6.42 Å². The van der Waals surface area contributed by atoms with Crippen LogP contribution in [0.3, 0.4) is 0 Å². The van der Waals surface area contributed by atoms with Gasteiger partial charge < -0.3 is 55.5 Å². The second-order valence-electron chi connectivity index (χ2n) is 12.9. The maximum atomic E-state index is 11.9. The van der Waals surface area contributed by atoms with Gasteiger partial charge in [0.05, 0.1) is 21.5 Å². The van der Waals surface area contributed by atoms with E-state index in [1.54, 1.807) is 6.92 Å². The normalized spacial score (nSPS) is 11.9. The Balaban J connectivity index is 1.62. The van der Waals surface area contributed by atoms with Gasteiger partial charge in [-0.2, -0.15) is 0 Å². The molecule has 9 rings (SSSR count). The fourth-order valence-electron chi connectivity index (χ4n) is 8.07. The van der Waals surface area contributed by atoms with Gasteiger partial charge in [0.25, 0.3) is 0 Å². The van der Waals surface area contributed by atoms with Crippen LogP contribution in [0, 0.1) is 0 Å². The first-order valence-corrected chi connectivity index (χ1v) is 16.5. The van der Waals surface area contributed by atoms with Gasteiger partial charge in [0.1, 0.15) is 11.3 Å². The number of aryl methyl sites for hydroxylation is 1. The van der Waals surface area contributed by atoms with E-state index in [4.69, 9.17) is 4.42 Å². The highest BCUT2D eigenvalue weighted by Crippen LogP contribution is 2.62. The first kappa shape index (κ1) is 31.6. The Kier molecular flexibility index (Phi) is 6.43. The van der Waals surface area contributed by atoms with Crippen molar-refractivity contribution in [3.8, 4) is 79.7 Å². The molecule has 1 heterocycles. The second-order valence-corrected chi connectivity index (χ2v) is 12.9. The largest absolute Gasteiger partial charge is 0.506 e. The molecular weight excluding hydrogens is 680 g/mol. The monoisotopic (exact) mass is 708 g/mol. The summed E-state index contributed by atoms with van der Waals surface area (Å²) < 4.78 is 6.16. The molecular formula is C42H28O11. The van der Waals surface area contributed by atoms with Crippen molar-refractivity contribution in [2.75, 3.05) is 0 Å².